The van der Waals surface area contributed by atoms with Crippen molar-refractivity contribution in [3.8, 4) is 5.75 Å². The Kier molecular flexibility index (Phi) is 3.74. The third-order valence-corrected chi connectivity index (χ3v) is 1.80. The van der Waals surface area contributed by atoms with Gasteiger partial charge in [-0.1, -0.05) is 0 Å². The van der Waals surface area contributed by atoms with Crippen LogP contribution in [-0.4, -0.2) is 24.4 Å². The molecule has 6 nitrogen and oxygen atoms in total. The molecular weight excluding hydrogens is 259 g/mol. The fourth-order valence-electron chi connectivity index (χ4n) is 1.14. The number of hydrogen-bond acceptors (Lipinski definition) is 5. The number of hydrogen-bond donors (Lipinski definition) is 0. The molecule has 0 saturated carbocycles. The summed E-state index contributed by atoms with van der Waals surface area (Å²) in [5, 5.41) is 10.6. The molecule has 0 amide bonds. The summed E-state index contributed by atoms with van der Waals surface area (Å²) < 4.78 is 43.5. The van der Waals surface area contributed by atoms with Crippen molar-refractivity contribution in [1.82, 2.24) is 0 Å². The fraction of sp³-hybridized carbons (Fsp3) is 0.222. The number of esters is 1. The molecule has 0 saturated heterocycles. The summed E-state index contributed by atoms with van der Waals surface area (Å²) in [5.74, 6) is -1.82. The number of carbonyl (C=O) groups excluding carboxylic acids is 1. The van der Waals surface area contributed by atoms with E-state index in [9.17, 15) is 28.1 Å². The number of nitro benzene ring substituents is 1. The Morgan fingerprint density at radius 2 is 2.00 bits per heavy atom. The van der Waals surface area contributed by atoms with Gasteiger partial charge in [-0.15, -0.1) is 13.2 Å². The zero-order valence-electron chi connectivity index (χ0n) is 8.85. The van der Waals surface area contributed by atoms with Crippen LogP contribution in [0.5, 0.6) is 5.75 Å². The molecule has 0 aliphatic rings. The maximum atomic E-state index is 11.9. The number of halogens is 3. The summed E-state index contributed by atoms with van der Waals surface area (Å²) in [7, 11) is 0.992. The topological polar surface area (TPSA) is 78.7 Å². The molecular formula is C9H6F3NO5. The monoisotopic (exact) mass is 265 g/mol. The molecule has 98 valence electrons. The van der Waals surface area contributed by atoms with Gasteiger partial charge in [0.25, 0.3) is 5.69 Å². The second kappa shape index (κ2) is 4.90. The van der Waals surface area contributed by atoms with Gasteiger partial charge in [-0.2, -0.15) is 0 Å². The molecule has 0 unspecified atom stereocenters. The zero-order valence-corrected chi connectivity index (χ0v) is 8.85. The van der Waals surface area contributed by atoms with Gasteiger partial charge in [0, 0.05) is 0 Å². The van der Waals surface area contributed by atoms with Crippen LogP contribution in [0.15, 0.2) is 18.2 Å². The van der Waals surface area contributed by atoms with E-state index in [0.717, 1.165) is 19.2 Å². The van der Waals surface area contributed by atoms with E-state index in [0.29, 0.717) is 6.07 Å². The standard InChI is InChI=1S/C9H6F3NO5/c1-17-8(14)6-3-2-5(18-9(10,11)12)4-7(6)13(15)16/h2-4H,1H3. The van der Waals surface area contributed by atoms with E-state index in [1.54, 1.807) is 0 Å². The molecule has 1 rings (SSSR count). The molecule has 0 fully saturated rings. The number of ether oxygens (including phenoxy) is 2. The van der Waals surface area contributed by atoms with Gasteiger partial charge in [0.2, 0.25) is 0 Å². The molecule has 1 aromatic carbocycles. The van der Waals surface area contributed by atoms with Gasteiger partial charge in [0.1, 0.15) is 11.3 Å². The molecule has 9 heteroatoms. The minimum Gasteiger partial charge on any atom is -0.465 e. The van der Waals surface area contributed by atoms with E-state index in [1.165, 1.54) is 0 Å². The fourth-order valence-corrected chi connectivity index (χ4v) is 1.14. The quantitative estimate of drug-likeness (QED) is 0.476. The van der Waals surface area contributed by atoms with E-state index in [2.05, 4.69) is 9.47 Å². The molecule has 1 aromatic rings. The van der Waals surface area contributed by atoms with Crippen LogP contribution in [0.1, 0.15) is 10.4 Å². The number of alkyl halides is 3. The normalized spacial score (nSPS) is 10.9. The maximum Gasteiger partial charge on any atom is 0.573 e. The minimum atomic E-state index is -4.97. The van der Waals surface area contributed by atoms with E-state index in [1.807, 2.05) is 0 Å². The second-order valence-corrected chi connectivity index (χ2v) is 2.98. The van der Waals surface area contributed by atoms with Crippen molar-refractivity contribution in [2.75, 3.05) is 7.11 Å². The lowest BCUT2D eigenvalue weighted by Gasteiger charge is -2.09. The molecule has 18 heavy (non-hydrogen) atoms. The highest BCUT2D eigenvalue weighted by atomic mass is 19.4. The molecule has 0 atom stereocenters. The highest BCUT2D eigenvalue weighted by molar-refractivity contribution is 5.94. The van der Waals surface area contributed by atoms with Crippen LogP contribution in [0.25, 0.3) is 0 Å². The average molecular weight is 265 g/mol. The van der Waals surface area contributed by atoms with Crippen LogP contribution >= 0.6 is 0 Å². The first-order chi connectivity index (χ1) is 8.24. The Morgan fingerprint density at radius 1 is 1.39 bits per heavy atom. The second-order valence-electron chi connectivity index (χ2n) is 2.98. The van der Waals surface area contributed by atoms with E-state index in [-0.39, 0.29) is 0 Å². The smallest absolute Gasteiger partial charge is 0.465 e. The molecule has 0 aliphatic carbocycles. The largest absolute Gasteiger partial charge is 0.573 e. The van der Waals surface area contributed by atoms with Crippen LogP contribution < -0.4 is 4.74 Å². The lowest BCUT2D eigenvalue weighted by Crippen LogP contribution is -2.17. The van der Waals surface area contributed by atoms with Crippen LogP contribution in [0, 0.1) is 10.1 Å². The summed E-state index contributed by atoms with van der Waals surface area (Å²) in [4.78, 5) is 20.8. The molecule has 0 aliphatic heterocycles. The summed E-state index contributed by atoms with van der Waals surface area (Å²) in [5.41, 5.74) is -1.29. The lowest BCUT2D eigenvalue weighted by molar-refractivity contribution is -0.385. The molecule has 0 aromatic heterocycles. The first-order valence-corrected chi connectivity index (χ1v) is 4.37. The van der Waals surface area contributed by atoms with E-state index in [4.69, 9.17) is 0 Å². The summed E-state index contributed by atoms with van der Waals surface area (Å²) in [6.45, 7) is 0. The summed E-state index contributed by atoms with van der Waals surface area (Å²) in [6, 6.07) is 2.11. The van der Waals surface area contributed by atoms with Crippen LogP contribution in [-0.2, 0) is 4.74 Å². The third-order valence-electron chi connectivity index (χ3n) is 1.80. The molecule has 0 bridgehead atoms. The van der Waals surface area contributed by atoms with Crippen molar-refractivity contribution in [2.45, 2.75) is 6.36 Å². The van der Waals surface area contributed by atoms with Crippen molar-refractivity contribution in [3.63, 3.8) is 0 Å². The zero-order chi connectivity index (χ0) is 13.9. The average Bonchev–Trinajstić information content (AvgIpc) is 2.25. The van der Waals surface area contributed by atoms with Crippen molar-refractivity contribution < 1.29 is 32.4 Å². The van der Waals surface area contributed by atoms with E-state index < -0.39 is 34.3 Å². The Balaban J connectivity index is 3.19. The van der Waals surface area contributed by atoms with Crippen LogP contribution in [0.3, 0.4) is 0 Å². The highest BCUT2D eigenvalue weighted by Crippen LogP contribution is 2.29. The predicted molar refractivity (Wildman–Crippen MR) is 51.1 cm³/mol. The van der Waals surface area contributed by atoms with Crippen molar-refractivity contribution in [2.24, 2.45) is 0 Å². The van der Waals surface area contributed by atoms with Crippen LogP contribution in [0.4, 0.5) is 18.9 Å². The molecule has 0 heterocycles. The summed E-state index contributed by atoms with van der Waals surface area (Å²) in [6.07, 6.45) is -4.97. The first kappa shape index (κ1) is 13.7. The van der Waals surface area contributed by atoms with Gasteiger partial charge in [-0.3, -0.25) is 10.1 Å². The Bertz CT molecular complexity index is 486. The SMILES string of the molecule is COC(=O)c1ccc(OC(F)(F)F)cc1[N+](=O)[O-]. The van der Waals surface area contributed by atoms with Gasteiger partial charge in [0.15, 0.2) is 0 Å². The van der Waals surface area contributed by atoms with Crippen molar-refractivity contribution in [3.05, 3.63) is 33.9 Å². The molecule has 0 N–H and O–H groups in total. The van der Waals surface area contributed by atoms with E-state index >= 15 is 0 Å². The Labute approximate surface area is 98.1 Å². The number of methoxy groups -OCH3 is 1. The van der Waals surface area contributed by atoms with Gasteiger partial charge < -0.3 is 9.47 Å². The Morgan fingerprint density at radius 3 is 2.44 bits per heavy atom. The molecule has 0 spiro atoms. The van der Waals surface area contributed by atoms with Gasteiger partial charge in [-0.25, -0.2) is 4.79 Å². The summed E-state index contributed by atoms with van der Waals surface area (Å²) >= 11 is 0. The van der Waals surface area contributed by atoms with Gasteiger partial charge in [0.05, 0.1) is 18.1 Å². The lowest BCUT2D eigenvalue weighted by atomic mass is 10.2. The Hall–Kier alpha value is -2.32. The number of benzene rings is 1. The van der Waals surface area contributed by atoms with Crippen molar-refractivity contribution >= 4 is 11.7 Å². The first-order valence-electron chi connectivity index (χ1n) is 4.37. The van der Waals surface area contributed by atoms with Crippen LogP contribution in [0.2, 0.25) is 0 Å². The number of rotatable bonds is 3. The van der Waals surface area contributed by atoms with Crippen molar-refractivity contribution in [1.29, 1.82) is 0 Å². The number of nitro groups is 1. The van der Waals surface area contributed by atoms with Gasteiger partial charge in [-0.05, 0) is 12.1 Å². The third kappa shape index (κ3) is 3.34. The number of nitrogens with zero attached hydrogens (tertiary/aromatic N) is 1. The number of carbonyl (C=O) groups is 1. The maximum absolute atomic E-state index is 11.9. The minimum absolute atomic E-state index is 0.461. The van der Waals surface area contributed by atoms with Gasteiger partial charge >= 0.3 is 12.3 Å². The molecule has 0 radical (unpaired) electrons. The highest BCUT2D eigenvalue weighted by Gasteiger charge is 2.32. The predicted octanol–water partition coefficient (Wildman–Crippen LogP) is 2.28.